The molecule has 0 bridgehead atoms. The third kappa shape index (κ3) is 4.05. The summed E-state index contributed by atoms with van der Waals surface area (Å²) in [4.78, 5) is 15.0. The third-order valence-electron chi connectivity index (χ3n) is 1.71. The highest BCUT2D eigenvalue weighted by molar-refractivity contribution is 5.73. The highest BCUT2D eigenvalue weighted by atomic mass is 16.5. The first kappa shape index (κ1) is 11.6. The molecule has 0 unspecified atom stereocenters. The van der Waals surface area contributed by atoms with Gasteiger partial charge in [-0.2, -0.15) is 0 Å². The highest BCUT2D eigenvalue weighted by Crippen LogP contribution is 1.93. The Morgan fingerprint density at radius 3 is 3.07 bits per heavy atom. The van der Waals surface area contributed by atoms with Crippen molar-refractivity contribution in [3.8, 4) is 0 Å². The van der Waals surface area contributed by atoms with Crippen molar-refractivity contribution in [2.24, 2.45) is 0 Å². The lowest BCUT2D eigenvalue weighted by Crippen LogP contribution is -2.37. The van der Waals surface area contributed by atoms with E-state index in [9.17, 15) is 9.90 Å². The van der Waals surface area contributed by atoms with Gasteiger partial charge in [0.1, 0.15) is 0 Å². The van der Waals surface area contributed by atoms with Crippen LogP contribution in [0.1, 0.15) is 12.6 Å². The van der Waals surface area contributed by atoms with Gasteiger partial charge >= 0.3 is 5.97 Å². The molecule has 0 saturated heterocycles. The van der Waals surface area contributed by atoms with E-state index in [1.807, 2.05) is 6.07 Å². The first-order valence-electron chi connectivity index (χ1n) is 4.72. The Morgan fingerprint density at radius 1 is 1.67 bits per heavy atom. The molecule has 0 saturated carbocycles. The molecule has 0 aliphatic rings. The monoisotopic (exact) mass is 210 g/mol. The maximum atomic E-state index is 11.0. The summed E-state index contributed by atoms with van der Waals surface area (Å²) in [6.45, 7) is 2.26. The Balaban J connectivity index is 2.34. The minimum atomic E-state index is -1.30. The van der Waals surface area contributed by atoms with Gasteiger partial charge in [-0.05, 0) is 19.1 Å². The maximum Gasteiger partial charge on any atom is 0.350 e. The Labute approximate surface area is 88.1 Å². The number of aromatic nitrogens is 1. The summed E-state index contributed by atoms with van der Waals surface area (Å²) in [5, 5.41) is 11.9. The van der Waals surface area contributed by atoms with E-state index in [4.69, 9.17) is 0 Å². The molecule has 0 radical (unpaired) electrons. The fourth-order valence-electron chi connectivity index (χ4n) is 1.01. The van der Waals surface area contributed by atoms with Crippen LogP contribution in [0, 0.1) is 0 Å². The maximum absolute atomic E-state index is 11.0. The van der Waals surface area contributed by atoms with Crippen LogP contribution in [0.5, 0.6) is 0 Å². The van der Waals surface area contributed by atoms with E-state index in [0.29, 0.717) is 6.54 Å². The number of nitrogens with one attached hydrogen (secondary N) is 1. The van der Waals surface area contributed by atoms with E-state index >= 15 is 0 Å². The number of pyridine rings is 1. The van der Waals surface area contributed by atoms with Crippen molar-refractivity contribution in [1.29, 1.82) is 0 Å². The molecule has 1 aromatic rings. The molecule has 0 spiro atoms. The lowest BCUT2D eigenvalue weighted by Gasteiger charge is -2.10. The Bertz CT molecular complexity index is 303. The molecule has 15 heavy (non-hydrogen) atoms. The number of aliphatic hydroxyl groups excluding tert-OH is 1. The third-order valence-corrected chi connectivity index (χ3v) is 1.71. The number of esters is 1. The number of hydrogen-bond acceptors (Lipinski definition) is 5. The minimum Gasteiger partial charge on any atom is -0.463 e. The van der Waals surface area contributed by atoms with E-state index in [2.05, 4.69) is 15.0 Å². The van der Waals surface area contributed by atoms with Crippen LogP contribution < -0.4 is 5.32 Å². The summed E-state index contributed by atoms with van der Waals surface area (Å²) >= 11 is 0. The van der Waals surface area contributed by atoms with Crippen molar-refractivity contribution in [2.45, 2.75) is 19.7 Å². The van der Waals surface area contributed by atoms with Crippen LogP contribution in [0.2, 0.25) is 0 Å². The number of carbonyl (C=O) groups excluding carboxylic acids is 1. The van der Waals surface area contributed by atoms with Crippen LogP contribution in [-0.2, 0) is 16.1 Å². The number of carbonyl (C=O) groups is 1. The SMILES string of the molecule is CCOC(=O)[C@@H](O)NCc1ccccn1. The first-order chi connectivity index (χ1) is 7.24. The molecule has 1 aromatic heterocycles. The van der Waals surface area contributed by atoms with Crippen LogP contribution in [0.25, 0.3) is 0 Å². The van der Waals surface area contributed by atoms with Crippen LogP contribution in [0.4, 0.5) is 0 Å². The summed E-state index contributed by atoms with van der Waals surface area (Å²) in [7, 11) is 0. The van der Waals surface area contributed by atoms with E-state index in [1.54, 1.807) is 25.3 Å². The van der Waals surface area contributed by atoms with E-state index in [0.717, 1.165) is 5.69 Å². The second-order valence-corrected chi connectivity index (χ2v) is 2.86. The zero-order chi connectivity index (χ0) is 11.1. The van der Waals surface area contributed by atoms with Gasteiger partial charge < -0.3 is 9.84 Å². The topological polar surface area (TPSA) is 71.5 Å². The fraction of sp³-hybridized carbons (Fsp3) is 0.400. The Hall–Kier alpha value is -1.46. The van der Waals surface area contributed by atoms with Gasteiger partial charge in [-0.15, -0.1) is 0 Å². The second-order valence-electron chi connectivity index (χ2n) is 2.86. The molecule has 0 aliphatic carbocycles. The molecular formula is C10H14N2O3. The second kappa shape index (κ2) is 6.10. The Kier molecular flexibility index (Phi) is 4.73. The number of ether oxygens (including phenoxy) is 1. The summed E-state index contributed by atoms with van der Waals surface area (Å²) in [5.41, 5.74) is 0.751. The van der Waals surface area contributed by atoms with Gasteiger partial charge in [0, 0.05) is 12.7 Å². The molecule has 5 heteroatoms. The molecule has 82 valence electrons. The van der Waals surface area contributed by atoms with E-state index in [1.165, 1.54) is 0 Å². The predicted octanol–water partition coefficient (Wildman–Crippen LogP) is 0.0527. The average Bonchev–Trinajstić information content (AvgIpc) is 2.27. The zero-order valence-electron chi connectivity index (χ0n) is 8.51. The quantitative estimate of drug-likeness (QED) is 0.531. The van der Waals surface area contributed by atoms with Crippen LogP contribution in [-0.4, -0.2) is 28.9 Å². The zero-order valence-corrected chi connectivity index (χ0v) is 8.51. The van der Waals surface area contributed by atoms with Crippen molar-refractivity contribution in [3.63, 3.8) is 0 Å². The van der Waals surface area contributed by atoms with Gasteiger partial charge in [0.25, 0.3) is 0 Å². The molecule has 1 heterocycles. The lowest BCUT2D eigenvalue weighted by atomic mass is 10.3. The number of hydrogen-bond donors (Lipinski definition) is 2. The number of aliphatic hydroxyl groups is 1. The van der Waals surface area contributed by atoms with Gasteiger partial charge in [0.2, 0.25) is 6.23 Å². The van der Waals surface area contributed by atoms with Crippen molar-refractivity contribution in [3.05, 3.63) is 30.1 Å². The molecule has 0 amide bonds. The molecule has 1 atom stereocenters. The van der Waals surface area contributed by atoms with Crippen LogP contribution >= 0.6 is 0 Å². The summed E-state index contributed by atoms with van der Waals surface area (Å²) in [6.07, 6.45) is 0.347. The van der Waals surface area contributed by atoms with Crippen molar-refractivity contribution in [2.75, 3.05) is 6.61 Å². The van der Waals surface area contributed by atoms with Gasteiger partial charge in [0.05, 0.1) is 12.3 Å². The van der Waals surface area contributed by atoms with Crippen molar-refractivity contribution < 1.29 is 14.6 Å². The van der Waals surface area contributed by atoms with Gasteiger partial charge in [-0.3, -0.25) is 10.3 Å². The van der Waals surface area contributed by atoms with Crippen molar-refractivity contribution >= 4 is 5.97 Å². The summed E-state index contributed by atoms with van der Waals surface area (Å²) < 4.78 is 4.62. The molecule has 0 fully saturated rings. The molecule has 1 rings (SSSR count). The molecule has 5 nitrogen and oxygen atoms in total. The molecule has 2 N–H and O–H groups in total. The van der Waals surface area contributed by atoms with E-state index in [-0.39, 0.29) is 6.61 Å². The van der Waals surface area contributed by atoms with Crippen molar-refractivity contribution in [1.82, 2.24) is 10.3 Å². The van der Waals surface area contributed by atoms with Gasteiger partial charge in [0.15, 0.2) is 0 Å². The number of rotatable bonds is 5. The number of nitrogens with zero attached hydrogens (tertiary/aromatic N) is 1. The normalized spacial score (nSPS) is 12.1. The Morgan fingerprint density at radius 2 is 2.47 bits per heavy atom. The first-order valence-corrected chi connectivity index (χ1v) is 4.72. The smallest absolute Gasteiger partial charge is 0.350 e. The summed E-state index contributed by atoms with van der Waals surface area (Å²) in [6, 6.07) is 5.43. The molecular weight excluding hydrogens is 196 g/mol. The predicted molar refractivity (Wildman–Crippen MR) is 53.7 cm³/mol. The molecule has 0 aliphatic heterocycles. The van der Waals surface area contributed by atoms with E-state index < -0.39 is 12.2 Å². The van der Waals surface area contributed by atoms with Gasteiger partial charge in [-0.1, -0.05) is 6.07 Å². The summed E-state index contributed by atoms with van der Waals surface area (Å²) in [5.74, 6) is -0.673. The fourth-order valence-corrected chi connectivity index (χ4v) is 1.01. The van der Waals surface area contributed by atoms with Gasteiger partial charge in [-0.25, -0.2) is 4.79 Å². The molecule has 0 aromatic carbocycles. The van der Waals surface area contributed by atoms with Crippen LogP contribution in [0.3, 0.4) is 0 Å². The van der Waals surface area contributed by atoms with Crippen LogP contribution in [0.15, 0.2) is 24.4 Å². The average molecular weight is 210 g/mol. The standard InChI is InChI=1S/C10H14N2O3/c1-2-15-10(14)9(13)12-7-8-5-3-4-6-11-8/h3-6,9,12-13H,2,7H2,1H3/t9-/m1/s1. The largest absolute Gasteiger partial charge is 0.463 e. The highest BCUT2D eigenvalue weighted by Gasteiger charge is 2.14. The lowest BCUT2D eigenvalue weighted by molar-refractivity contribution is -0.154. The minimum absolute atomic E-state index is 0.251.